The number of anilines is 1. The minimum atomic E-state index is -0.163. The van der Waals surface area contributed by atoms with Gasteiger partial charge in [-0.25, -0.2) is 4.68 Å². The molecule has 6 heteroatoms. The molecule has 0 bridgehead atoms. The fraction of sp³-hybridized carbons (Fsp3) is 0.500. The monoisotopic (exact) mass is 382 g/mol. The Labute approximate surface area is 166 Å². The van der Waals surface area contributed by atoms with Crippen molar-refractivity contribution >= 4 is 17.6 Å². The predicted molar refractivity (Wildman–Crippen MR) is 110 cm³/mol. The first-order valence-electron chi connectivity index (χ1n) is 10.1. The van der Waals surface area contributed by atoms with E-state index in [0.29, 0.717) is 18.2 Å². The lowest BCUT2D eigenvalue weighted by molar-refractivity contribution is -0.116. The number of rotatable bonds is 6. The smallest absolute Gasteiger partial charge is 0.251 e. The second-order valence-electron chi connectivity index (χ2n) is 8.48. The molecule has 28 heavy (non-hydrogen) atoms. The molecule has 1 aromatic heterocycles. The molecule has 1 heterocycles. The molecule has 2 aromatic rings. The summed E-state index contributed by atoms with van der Waals surface area (Å²) in [5.74, 6) is 0.452. The number of nitrogens with zero attached hydrogens (tertiary/aromatic N) is 2. The molecule has 1 fully saturated rings. The molecule has 3 rings (SSSR count). The van der Waals surface area contributed by atoms with Crippen LogP contribution in [0.3, 0.4) is 0 Å². The minimum Gasteiger partial charge on any atom is -0.352 e. The minimum absolute atomic E-state index is 0.0537. The zero-order chi connectivity index (χ0) is 20.1. The fourth-order valence-corrected chi connectivity index (χ4v) is 3.57. The van der Waals surface area contributed by atoms with Gasteiger partial charge in [-0.05, 0) is 36.0 Å². The molecule has 1 aromatic carbocycles. The maximum absolute atomic E-state index is 12.3. The van der Waals surface area contributed by atoms with E-state index in [1.807, 2.05) is 35.0 Å². The summed E-state index contributed by atoms with van der Waals surface area (Å²) < 4.78 is 1.92. The Bertz CT molecular complexity index is 812. The molecule has 0 aliphatic heterocycles. The number of carbonyl (C=O) groups excluding carboxylic acids is 2. The Kier molecular flexibility index (Phi) is 6.17. The highest BCUT2D eigenvalue weighted by atomic mass is 16.2. The van der Waals surface area contributed by atoms with Gasteiger partial charge in [0.1, 0.15) is 5.82 Å². The zero-order valence-electron chi connectivity index (χ0n) is 17.0. The molecule has 150 valence electrons. The van der Waals surface area contributed by atoms with Crippen molar-refractivity contribution in [2.75, 3.05) is 11.9 Å². The van der Waals surface area contributed by atoms with Crippen LogP contribution in [0.5, 0.6) is 0 Å². The van der Waals surface area contributed by atoms with Gasteiger partial charge in [-0.2, -0.15) is 5.10 Å². The van der Waals surface area contributed by atoms with E-state index < -0.39 is 0 Å². The van der Waals surface area contributed by atoms with Gasteiger partial charge in [0.2, 0.25) is 5.91 Å². The van der Waals surface area contributed by atoms with E-state index in [1.165, 1.54) is 18.4 Å². The van der Waals surface area contributed by atoms with Gasteiger partial charge >= 0.3 is 0 Å². The molecule has 0 atom stereocenters. The number of aromatic nitrogens is 2. The van der Waals surface area contributed by atoms with E-state index in [4.69, 9.17) is 0 Å². The van der Waals surface area contributed by atoms with Crippen molar-refractivity contribution in [3.63, 3.8) is 0 Å². The molecule has 6 nitrogen and oxygen atoms in total. The summed E-state index contributed by atoms with van der Waals surface area (Å²) in [5, 5.41) is 10.1. The molecule has 2 N–H and O–H groups in total. The van der Waals surface area contributed by atoms with Gasteiger partial charge in [0.15, 0.2) is 0 Å². The number of nitrogens with one attached hydrogen (secondary N) is 2. The SMILES string of the molecule is CC(C)(C)c1ccc(C(=O)NCCC(=O)Nc2ccnn2C2CCCC2)cc1. The van der Waals surface area contributed by atoms with Crippen LogP contribution in [0.1, 0.15) is 74.8 Å². The Balaban J connectivity index is 1.46. The maximum Gasteiger partial charge on any atom is 0.251 e. The molecule has 1 aliphatic rings. The van der Waals surface area contributed by atoms with E-state index in [2.05, 4.69) is 36.5 Å². The van der Waals surface area contributed by atoms with Crippen molar-refractivity contribution in [1.29, 1.82) is 0 Å². The predicted octanol–water partition coefficient (Wildman–Crippen LogP) is 4.05. The van der Waals surface area contributed by atoms with Crippen LogP contribution in [-0.2, 0) is 10.2 Å². The Morgan fingerprint density at radius 3 is 2.43 bits per heavy atom. The van der Waals surface area contributed by atoms with Crippen molar-refractivity contribution in [3.8, 4) is 0 Å². The van der Waals surface area contributed by atoms with E-state index in [1.54, 1.807) is 6.20 Å². The summed E-state index contributed by atoms with van der Waals surface area (Å²) in [6, 6.07) is 9.82. The zero-order valence-corrected chi connectivity index (χ0v) is 17.0. The normalized spacial score (nSPS) is 14.8. The quantitative estimate of drug-likeness (QED) is 0.791. The van der Waals surface area contributed by atoms with Gasteiger partial charge in [0, 0.05) is 24.6 Å². The number of benzene rings is 1. The second-order valence-corrected chi connectivity index (χ2v) is 8.48. The van der Waals surface area contributed by atoms with Gasteiger partial charge in [-0.1, -0.05) is 45.7 Å². The second kappa shape index (κ2) is 8.59. The van der Waals surface area contributed by atoms with Crippen LogP contribution in [0.4, 0.5) is 5.82 Å². The highest BCUT2D eigenvalue weighted by Gasteiger charge is 2.20. The molecular formula is C22H30N4O2. The third-order valence-corrected chi connectivity index (χ3v) is 5.26. The van der Waals surface area contributed by atoms with Crippen LogP contribution in [0.15, 0.2) is 36.5 Å². The molecule has 0 spiro atoms. The van der Waals surface area contributed by atoms with E-state index in [0.717, 1.165) is 18.7 Å². The molecule has 1 aliphatic carbocycles. The average molecular weight is 383 g/mol. The highest BCUT2D eigenvalue weighted by Crippen LogP contribution is 2.31. The molecular weight excluding hydrogens is 352 g/mol. The van der Waals surface area contributed by atoms with Gasteiger partial charge in [0.05, 0.1) is 12.2 Å². The van der Waals surface area contributed by atoms with E-state index >= 15 is 0 Å². The lowest BCUT2D eigenvalue weighted by Gasteiger charge is -2.19. The Hall–Kier alpha value is -2.63. The van der Waals surface area contributed by atoms with Crippen molar-refractivity contribution in [2.24, 2.45) is 0 Å². The maximum atomic E-state index is 12.3. The standard InChI is InChI=1S/C22H30N4O2/c1-22(2,3)17-10-8-16(9-11-17)21(28)23-14-13-20(27)25-19-12-15-24-26(19)18-6-4-5-7-18/h8-12,15,18H,4-7,13-14H2,1-3H3,(H,23,28)(H,25,27). The molecule has 2 amide bonds. The number of hydrogen-bond donors (Lipinski definition) is 2. The summed E-state index contributed by atoms with van der Waals surface area (Å²) in [6.45, 7) is 6.71. The summed E-state index contributed by atoms with van der Waals surface area (Å²) in [7, 11) is 0. The van der Waals surface area contributed by atoms with Crippen LogP contribution in [0.25, 0.3) is 0 Å². The summed E-state index contributed by atoms with van der Waals surface area (Å²) >= 11 is 0. The molecule has 0 saturated heterocycles. The van der Waals surface area contributed by atoms with Crippen LogP contribution < -0.4 is 10.6 Å². The molecule has 0 radical (unpaired) electrons. The summed E-state index contributed by atoms with van der Waals surface area (Å²) in [5.41, 5.74) is 1.84. The van der Waals surface area contributed by atoms with Gasteiger partial charge < -0.3 is 10.6 Å². The first-order valence-corrected chi connectivity index (χ1v) is 10.1. The average Bonchev–Trinajstić information content (AvgIpc) is 3.32. The van der Waals surface area contributed by atoms with E-state index in [9.17, 15) is 9.59 Å². The topological polar surface area (TPSA) is 76.0 Å². The summed E-state index contributed by atoms with van der Waals surface area (Å²) in [6.07, 6.45) is 6.57. The van der Waals surface area contributed by atoms with Crippen molar-refractivity contribution < 1.29 is 9.59 Å². The van der Waals surface area contributed by atoms with Crippen LogP contribution in [0.2, 0.25) is 0 Å². The Morgan fingerprint density at radius 1 is 1.11 bits per heavy atom. The first kappa shape index (κ1) is 20.1. The number of hydrogen-bond acceptors (Lipinski definition) is 3. The first-order chi connectivity index (χ1) is 13.3. The fourth-order valence-electron chi connectivity index (χ4n) is 3.57. The van der Waals surface area contributed by atoms with Crippen LogP contribution >= 0.6 is 0 Å². The third-order valence-electron chi connectivity index (χ3n) is 5.26. The van der Waals surface area contributed by atoms with Crippen molar-refractivity contribution in [3.05, 3.63) is 47.7 Å². The number of carbonyl (C=O) groups is 2. The molecule has 0 unspecified atom stereocenters. The van der Waals surface area contributed by atoms with E-state index in [-0.39, 0.29) is 23.7 Å². The molecule has 1 saturated carbocycles. The van der Waals surface area contributed by atoms with Crippen molar-refractivity contribution in [1.82, 2.24) is 15.1 Å². The van der Waals surface area contributed by atoms with Crippen LogP contribution in [0, 0.1) is 0 Å². The van der Waals surface area contributed by atoms with Crippen molar-refractivity contribution in [2.45, 2.75) is 64.3 Å². The lowest BCUT2D eigenvalue weighted by atomic mass is 9.87. The largest absolute Gasteiger partial charge is 0.352 e. The van der Waals surface area contributed by atoms with Gasteiger partial charge in [-0.3, -0.25) is 9.59 Å². The highest BCUT2D eigenvalue weighted by molar-refractivity contribution is 5.95. The third kappa shape index (κ3) is 5.00. The van der Waals surface area contributed by atoms with Gasteiger partial charge in [0.25, 0.3) is 5.91 Å². The lowest BCUT2D eigenvalue weighted by Crippen LogP contribution is -2.28. The van der Waals surface area contributed by atoms with Crippen LogP contribution in [-0.4, -0.2) is 28.1 Å². The Morgan fingerprint density at radius 2 is 1.79 bits per heavy atom. The van der Waals surface area contributed by atoms with Gasteiger partial charge in [-0.15, -0.1) is 0 Å². The summed E-state index contributed by atoms with van der Waals surface area (Å²) in [4.78, 5) is 24.5. The number of amides is 2.